The molecule has 1 aliphatic rings. The second-order valence-electron chi connectivity index (χ2n) is 4.59. The Bertz CT molecular complexity index is 378. The Morgan fingerprint density at radius 1 is 1.35 bits per heavy atom. The predicted molar refractivity (Wildman–Crippen MR) is 66.4 cm³/mol. The van der Waals surface area contributed by atoms with Crippen LogP contribution >= 0.6 is 0 Å². The molecule has 92 valence electrons. The van der Waals surface area contributed by atoms with E-state index in [4.69, 9.17) is 4.74 Å². The minimum absolute atomic E-state index is 0.0516. The lowest BCUT2D eigenvalue weighted by Gasteiger charge is -2.18. The summed E-state index contributed by atoms with van der Waals surface area (Å²) in [7, 11) is 0. The van der Waals surface area contributed by atoms with Crippen LogP contribution in [0.4, 0.5) is 0 Å². The molecule has 3 heteroatoms. The summed E-state index contributed by atoms with van der Waals surface area (Å²) in [6.07, 6.45) is 0. The Kier molecular flexibility index (Phi) is 3.79. The summed E-state index contributed by atoms with van der Waals surface area (Å²) in [6, 6.07) is 8.45. The molecule has 0 radical (unpaired) electrons. The van der Waals surface area contributed by atoms with E-state index < -0.39 is 0 Å². The monoisotopic (exact) mass is 233 g/mol. The molecule has 0 saturated heterocycles. The van der Waals surface area contributed by atoms with E-state index >= 15 is 0 Å². The number of fused-ring (bicyclic) bond motifs is 1. The Morgan fingerprint density at radius 3 is 2.47 bits per heavy atom. The van der Waals surface area contributed by atoms with E-state index in [0.29, 0.717) is 6.61 Å². The van der Waals surface area contributed by atoms with Crippen molar-refractivity contribution in [1.82, 2.24) is 4.90 Å². The van der Waals surface area contributed by atoms with Gasteiger partial charge in [-0.3, -0.25) is 9.69 Å². The van der Waals surface area contributed by atoms with Gasteiger partial charge in [0.25, 0.3) is 0 Å². The second-order valence-corrected chi connectivity index (χ2v) is 4.59. The zero-order chi connectivity index (χ0) is 12.3. The van der Waals surface area contributed by atoms with E-state index in [1.165, 1.54) is 11.1 Å². The molecule has 0 N–H and O–H groups in total. The molecule has 0 fully saturated rings. The highest BCUT2D eigenvalue weighted by Crippen LogP contribution is 2.23. The van der Waals surface area contributed by atoms with Gasteiger partial charge in [-0.25, -0.2) is 0 Å². The molecule has 0 spiro atoms. The van der Waals surface area contributed by atoms with Crippen LogP contribution in [0.3, 0.4) is 0 Å². The van der Waals surface area contributed by atoms with E-state index in [-0.39, 0.29) is 11.9 Å². The van der Waals surface area contributed by atoms with Crippen LogP contribution in [0.15, 0.2) is 24.3 Å². The van der Waals surface area contributed by atoms with Gasteiger partial charge in [-0.15, -0.1) is 0 Å². The molecule has 0 amide bonds. The molecular weight excluding hydrogens is 214 g/mol. The number of hydrogen-bond acceptors (Lipinski definition) is 3. The molecule has 1 unspecified atom stereocenters. The van der Waals surface area contributed by atoms with Gasteiger partial charge in [0.05, 0.1) is 12.5 Å². The summed E-state index contributed by atoms with van der Waals surface area (Å²) in [5.74, 6) is -0.146. The second kappa shape index (κ2) is 5.32. The van der Waals surface area contributed by atoms with E-state index in [2.05, 4.69) is 29.2 Å². The van der Waals surface area contributed by atoms with Crippen LogP contribution in [0.25, 0.3) is 0 Å². The molecule has 1 aromatic rings. The van der Waals surface area contributed by atoms with Crippen molar-refractivity contribution < 1.29 is 9.53 Å². The maximum absolute atomic E-state index is 11.6. The van der Waals surface area contributed by atoms with Crippen LogP contribution in [0.5, 0.6) is 0 Å². The topological polar surface area (TPSA) is 29.5 Å². The lowest BCUT2D eigenvalue weighted by molar-refractivity contribution is -0.148. The molecule has 1 atom stereocenters. The van der Waals surface area contributed by atoms with Crippen LogP contribution in [0.1, 0.15) is 25.0 Å². The molecule has 0 aliphatic carbocycles. The summed E-state index contributed by atoms with van der Waals surface area (Å²) in [4.78, 5) is 13.9. The van der Waals surface area contributed by atoms with Gasteiger partial charge < -0.3 is 4.74 Å². The number of carbonyl (C=O) groups is 1. The number of benzene rings is 1. The predicted octanol–water partition coefficient (Wildman–Crippen LogP) is 2.20. The Labute approximate surface area is 102 Å². The molecule has 3 nitrogen and oxygen atoms in total. The highest BCUT2D eigenvalue weighted by molar-refractivity contribution is 5.72. The van der Waals surface area contributed by atoms with Crippen molar-refractivity contribution in [3.63, 3.8) is 0 Å². The number of rotatable bonds is 4. The number of carbonyl (C=O) groups excluding carboxylic acids is 1. The zero-order valence-corrected chi connectivity index (χ0v) is 10.5. The van der Waals surface area contributed by atoms with Gasteiger partial charge in [0.15, 0.2) is 0 Å². The van der Waals surface area contributed by atoms with Gasteiger partial charge in [-0.05, 0) is 18.1 Å². The summed E-state index contributed by atoms with van der Waals surface area (Å²) in [6.45, 7) is 6.90. The van der Waals surface area contributed by atoms with Gasteiger partial charge in [0.1, 0.15) is 0 Å². The van der Waals surface area contributed by atoms with Gasteiger partial charge in [0, 0.05) is 19.6 Å². The Hall–Kier alpha value is -1.35. The summed E-state index contributed by atoms with van der Waals surface area (Å²) >= 11 is 0. The van der Waals surface area contributed by atoms with Crippen LogP contribution < -0.4 is 0 Å². The Morgan fingerprint density at radius 2 is 1.94 bits per heavy atom. The van der Waals surface area contributed by atoms with Crippen molar-refractivity contribution in [1.29, 1.82) is 0 Å². The van der Waals surface area contributed by atoms with Crippen LogP contribution in [0.2, 0.25) is 0 Å². The number of ether oxygens (including phenoxy) is 1. The molecular formula is C14H19NO2. The molecule has 0 bridgehead atoms. The van der Waals surface area contributed by atoms with Gasteiger partial charge in [0.2, 0.25) is 0 Å². The van der Waals surface area contributed by atoms with E-state index in [1.54, 1.807) is 0 Å². The number of hydrogen-bond donors (Lipinski definition) is 0. The molecule has 17 heavy (non-hydrogen) atoms. The molecule has 1 heterocycles. The summed E-state index contributed by atoms with van der Waals surface area (Å²) in [5, 5.41) is 0. The standard InChI is InChI=1S/C14H19NO2/c1-3-17-14(16)11(2)8-15-9-12-6-4-5-7-13(12)10-15/h4-7,11H,3,8-10H2,1-2H3. The maximum atomic E-state index is 11.6. The SMILES string of the molecule is CCOC(=O)C(C)CN1Cc2ccccc2C1. The number of esters is 1. The first-order valence-corrected chi connectivity index (χ1v) is 6.16. The fourth-order valence-electron chi connectivity index (χ4n) is 2.28. The van der Waals surface area contributed by atoms with Gasteiger partial charge in [-0.1, -0.05) is 31.2 Å². The van der Waals surface area contributed by atoms with Crippen molar-refractivity contribution in [3.8, 4) is 0 Å². The fourth-order valence-corrected chi connectivity index (χ4v) is 2.28. The normalized spacial score (nSPS) is 16.6. The molecule has 1 aromatic carbocycles. The minimum atomic E-state index is -0.0940. The van der Waals surface area contributed by atoms with Crippen molar-refractivity contribution >= 4 is 5.97 Å². The number of nitrogens with zero attached hydrogens (tertiary/aromatic N) is 1. The first-order valence-electron chi connectivity index (χ1n) is 6.16. The third-order valence-corrected chi connectivity index (χ3v) is 3.13. The maximum Gasteiger partial charge on any atom is 0.309 e. The van der Waals surface area contributed by atoms with E-state index in [9.17, 15) is 4.79 Å². The van der Waals surface area contributed by atoms with Crippen LogP contribution in [-0.2, 0) is 22.6 Å². The first kappa shape index (κ1) is 12.1. The quantitative estimate of drug-likeness (QED) is 0.747. The highest BCUT2D eigenvalue weighted by atomic mass is 16.5. The van der Waals surface area contributed by atoms with Crippen LogP contribution in [0, 0.1) is 5.92 Å². The van der Waals surface area contributed by atoms with Crippen LogP contribution in [-0.4, -0.2) is 24.0 Å². The molecule has 0 aromatic heterocycles. The summed E-state index contributed by atoms with van der Waals surface area (Å²) < 4.78 is 5.03. The molecule has 1 aliphatic heterocycles. The van der Waals surface area contributed by atoms with E-state index in [0.717, 1.165) is 19.6 Å². The molecule has 0 saturated carbocycles. The van der Waals surface area contributed by atoms with Crippen molar-refractivity contribution in [3.05, 3.63) is 35.4 Å². The average molecular weight is 233 g/mol. The average Bonchev–Trinajstić information content (AvgIpc) is 2.71. The minimum Gasteiger partial charge on any atom is -0.466 e. The van der Waals surface area contributed by atoms with Gasteiger partial charge >= 0.3 is 5.97 Å². The third kappa shape index (κ3) is 2.86. The zero-order valence-electron chi connectivity index (χ0n) is 10.5. The largest absolute Gasteiger partial charge is 0.466 e. The Balaban J connectivity index is 1.89. The fraction of sp³-hybridized carbons (Fsp3) is 0.500. The lowest BCUT2D eigenvalue weighted by atomic mass is 10.1. The van der Waals surface area contributed by atoms with E-state index in [1.807, 2.05) is 13.8 Å². The highest BCUT2D eigenvalue weighted by Gasteiger charge is 2.23. The van der Waals surface area contributed by atoms with Crippen molar-refractivity contribution in [2.24, 2.45) is 5.92 Å². The van der Waals surface area contributed by atoms with Crippen molar-refractivity contribution in [2.45, 2.75) is 26.9 Å². The molecule has 2 rings (SSSR count). The third-order valence-electron chi connectivity index (χ3n) is 3.13. The van der Waals surface area contributed by atoms with Gasteiger partial charge in [-0.2, -0.15) is 0 Å². The smallest absolute Gasteiger partial charge is 0.309 e. The lowest BCUT2D eigenvalue weighted by Crippen LogP contribution is -2.29. The summed E-state index contributed by atoms with van der Waals surface area (Å²) in [5.41, 5.74) is 2.76. The first-order chi connectivity index (χ1) is 8.20. The van der Waals surface area contributed by atoms with Crippen molar-refractivity contribution in [2.75, 3.05) is 13.2 Å².